The van der Waals surface area contributed by atoms with Gasteiger partial charge in [-0.15, -0.1) is 0 Å². The number of phosphoric acid groups is 1. The third kappa shape index (κ3) is 5.20. The molecule has 0 spiro atoms. The number of phosphoric ester groups is 1. The minimum absolute atomic E-state index is 0.0191. The molecule has 6 atom stereocenters. The van der Waals surface area contributed by atoms with Gasteiger partial charge in [-0.05, 0) is 5.92 Å². The zero-order valence-corrected chi connectivity index (χ0v) is 15.6. The van der Waals surface area contributed by atoms with Crippen LogP contribution in [0.1, 0.15) is 20.3 Å². The van der Waals surface area contributed by atoms with Gasteiger partial charge in [-0.2, -0.15) is 0 Å². The van der Waals surface area contributed by atoms with Crippen molar-refractivity contribution in [3.63, 3.8) is 0 Å². The fraction of sp³-hybridized carbons (Fsp3) is 1.00. The fourth-order valence-corrected chi connectivity index (χ4v) is 3.68. The average Bonchev–Trinajstić information content (AvgIpc) is 2.56. The topological polar surface area (TPSA) is 124 Å². The van der Waals surface area contributed by atoms with Crippen molar-refractivity contribution in [3.8, 4) is 0 Å². The fourth-order valence-electron chi connectivity index (χ4n) is 2.62. The maximum absolute atomic E-state index is 12.1. The normalized spacial score (nSPS) is 37.8. The first kappa shape index (κ1) is 22.0. The van der Waals surface area contributed by atoms with E-state index in [1.807, 2.05) is 13.8 Å². The summed E-state index contributed by atoms with van der Waals surface area (Å²) in [7, 11) is -0.399. The molecule has 144 valence electrons. The van der Waals surface area contributed by atoms with Gasteiger partial charge >= 0.3 is 7.82 Å². The van der Waals surface area contributed by atoms with Gasteiger partial charge in [0.15, 0.2) is 0 Å². The molecular formula is C14H29O9P. The highest BCUT2D eigenvalue weighted by Crippen LogP contribution is 2.47. The quantitative estimate of drug-likeness (QED) is 0.491. The summed E-state index contributed by atoms with van der Waals surface area (Å²) in [6.07, 6.45) is -6.08. The van der Waals surface area contributed by atoms with E-state index in [-0.39, 0.29) is 12.5 Å². The number of hydrogen-bond acceptors (Lipinski definition) is 8. The second-order valence-electron chi connectivity index (χ2n) is 5.93. The largest absolute Gasteiger partial charge is 0.472 e. The Morgan fingerprint density at radius 2 is 1.42 bits per heavy atom. The molecule has 0 saturated heterocycles. The van der Waals surface area contributed by atoms with Crippen LogP contribution in [0.15, 0.2) is 0 Å². The molecule has 0 heterocycles. The SMILES string of the molecule is CC[C@H](C)COP(=O)(O)OC1C(O)C(OC)C(OC)C(OC)C1O. The third-order valence-electron chi connectivity index (χ3n) is 4.28. The summed E-state index contributed by atoms with van der Waals surface area (Å²) in [5.74, 6) is 0.0617. The van der Waals surface area contributed by atoms with E-state index in [1.165, 1.54) is 21.3 Å². The molecule has 0 aromatic heterocycles. The molecule has 0 radical (unpaired) electrons. The van der Waals surface area contributed by atoms with Gasteiger partial charge in [0, 0.05) is 21.3 Å². The van der Waals surface area contributed by atoms with Crippen LogP contribution in [0.5, 0.6) is 0 Å². The van der Waals surface area contributed by atoms with E-state index in [0.717, 1.165) is 6.42 Å². The first-order chi connectivity index (χ1) is 11.2. The summed E-state index contributed by atoms with van der Waals surface area (Å²) in [6, 6.07) is 0. The zero-order chi connectivity index (χ0) is 18.5. The summed E-state index contributed by atoms with van der Waals surface area (Å²) in [4.78, 5) is 9.86. The molecule has 0 amide bonds. The number of aliphatic hydroxyl groups excluding tert-OH is 2. The van der Waals surface area contributed by atoms with Crippen molar-refractivity contribution in [2.24, 2.45) is 5.92 Å². The van der Waals surface area contributed by atoms with Gasteiger partial charge in [-0.1, -0.05) is 20.3 Å². The van der Waals surface area contributed by atoms with Crippen LogP contribution >= 0.6 is 7.82 Å². The monoisotopic (exact) mass is 372 g/mol. The molecule has 1 fully saturated rings. The maximum Gasteiger partial charge on any atom is 0.472 e. The predicted octanol–water partition coefficient (Wildman–Crippen LogP) is 0.315. The minimum atomic E-state index is -4.48. The lowest BCUT2D eigenvalue weighted by atomic mass is 9.84. The van der Waals surface area contributed by atoms with E-state index >= 15 is 0 Å². The molecule has 0 aliphatic heterocycles. The molecule has 24 heavy (non-hydrogen) atoms. The summed E-state index contributed by atoms with van der Waals surface area (Å²) in [5.41, 5.74) is 0. The first-order valence-corrected chi connectivity index (χ1v) is 9.32. The maximum atomic E-state index is 12.1. The van der Waals surface area contributed by atoms with Gasteiger partial charge in [0.05, 0.1) is 6.61 Å². The Kier molecular flexibility index (Phi) is 8.75. The smallest absolute Gasteiger partial charge is 0.387 e. The van der Waals surface area contributed by atoms with Crippen molar-refractivity contribution in [3.05, 3.63) is 0 Å². The van der Waals surface area contributed by atoms with Crippen LogP contribution < -0.4 is 0 Å². The van der Waals surface area contributed by atoms with Crippen LogP contribution in [0.3, 0.4) is 0 Å². The van der Waals surface area contributed by atoms with Crippen LogP contribution in [-0.4, -0.2) is 79.7 Å². The molecule has 3 N–H and O–H groups in total. The van der Waals surface area contributed by atoms with Crippen molar-refractivity contribution in [1.82, 2.24) is 0 Å². The Bertz CT molecular complexity index is 403. The molecule has 1 aliphatic carbocycles. The average molecular weight is 372 g/mol. The second-order valence-corrected chi connectivity index (χ2v) is 7.34. The van der Waals surface area contributed by atoms with Gasteiger partial charge in [-0.25, -0.2) is 4.57 Å². The number of aliphatic hydroxyl groups is 2. The Morgan fingerprint density at radius 3 is 1.79 bits per heavy atom. The van der Waals surface area contributed by atoms with Crippen molar-refractivity contribution in [2.75, 3.05) is 27.9 Å². The van der Waals surface area contributed by atoms with Crippen LogP contribution in [0.25, 0.3) is 0 Å². The van der Waals surface area contributed by atoms with Crippen molar-refractivity contribution >= 4 is 7.82 Å². The highest BCUT2D eigenvalue weighted by atomic mass is 31.2. The number of ether oxygens (including phenoxy) is 3. The van der Waals surface area contributed by atoms with Gasteiger partial charge in [0.1, 0.15) is 36.6 Å². The van der Waals surface area contributed by atoms with Gasteiger partial charge < -0.3 is 29.3 Å². The third-order valence-corrected chi connectivity index (χ3v) is 5.27. The number of rotatable bonds is 9. The van der Waals surface area contributed by atoms with E-state index in [2.05, 4.69) is 0 Å². The van der Waals surface area contributed by atoms with Gasteiger partial charge in [-0.3, -0.25) is 9.05 Å². The molecule has 5 unspecified atom stereocenters. The Morgan fingerprint density at radius 1 is 0.958 bits per heavy atom. The number of hydrogen-bond donors (Lipinski definition) is 3. The highest BCUT2D eigenvalue weighted by molar-refractivity contribution is 7.47. The van der Waals surface area contributed by atoms with Crippen molar-refractivity contribution in [1.29, 1.82) is 0 Å². The second kappa shape index (κ2) is 9.56. The molecule has 10 heteroatoms. The molecule has 1 aliphatic rings. The summed E-state index contributed by atoms with van der Waals surface area (Å²) in [5, 5.41) is 20.7. The first-order valence-electron chi connectivity index (χ1n) is 7.82. The summed E-state index contributed by atoms with van der Waals surface area (Å²) in [6.45, 7) is 3.80. The molecule has 9 nitrogen and oxygen atoms in total. The standard InChI is InChI=1S/C14H29O9P/c1-6-8(2)7-22-24(17,18)23-11-9(15)12(19-3)14(21-5)13(20-4)10(11)16/h8-16H,6-7H2,1-5H3,(H,17,18)/t8-,9?,10?,11?,12?,13?,14?/m0/s1. The summed E-state index contributed by atoms with van der Waals surface area (Å²) < 4.78 is 37.7. The Hall–Kier alpha value is -0.0900. The zero-order valence-electron chi connectivity index (χ0n) is 14.7. The van der Waals surface area contributed by atoms with E-state index in [9.17, 15) is 19.7 Å². The van der Waals surface area contributed by atoms with Crippen LogP contribution in [0.2, 0.25) is 0 Å². The van der Waals surface area contributed by atoms with Gasteiger partial charge in [0.2, 0.25) is 0 Å². The molecule has 0 aromatic rings. The van der Waals surface area contributed by atoms with Crippen LogP contribution in [0.4, 0.5) is 0 Å². The highest BCUT2D eigenvalue weighted by Gasteiger charge is 2.53. The predicted molar refractivity (Wildman–Crippen MR) is 84.5 cm³/mol. The van der Waals surface area contributed by atoms with Gasteiger partial charge in [0.25, 0.3) is 0 Å². The van der Waals surface area contributed by atoms with Crippen LogP contribution in [0, 0.1) is 5.92 Å². The van der Waals surface area contributed by atoms with E-state index in [1.54, 1.807) is 0 Å². The van der Waals surface area contributed by atoms with Crippen molar-refractivity contribution < 1.29 is 42.9 Å². The summed E-state index contributed by atoms with van der Waals surface area (Å²) >= 11 is 0. The van der Waals surface area contributed by atoms with E-state index in [0.29, 0.717) is 0 Å². The molecule has 1 rings (SSSR count). The van der Waals surface area contributed by atoms with Crippen LogP contribution in [-0.2, 0) is 27.8 Å². The lowest BCUT2D eigenvalue weighted by Crippen LogP contribution is -2.65. The minimum Gasteiger partial charge on any atom is -0.387 e. The lowest BCUT2D eigenvalue weighted by molar-refractivity contribution is -0.238. The number of methoxy groups -OCH3 is 3. The van der Waals surface area contributed by atoms with E-state index in [4.69, 9.17) is 23.3 Å². The molecule has 0 bridgehead atoms. The Balaban J connectivity index is 2.90. The molecule has 0 aromatic carbocycles. The van der Waals surface area contributed by atoms with Crippen molar-refractivity contribution in [2.45, 2.75) is 56.9 Å². The molecular weight excluding hydrogens is 343 g/mol. The Labute approximate surface area is 142 Å². The lowest BCUT2D eigenvalue weighted by Gasteiger charge is -2.45. The molecule has 1 saturated carbocycles. The van der Waals surface area contributed by atoms with E-state index < -0.39 is 44.4 Å².